The standard InChI is InChI=1S/C25H26ClF3N8O2/c1-35-14-32-37-17(13-36-6-8-39-9-7-36)11-18(22(37)23(35)30)15-2-5-21(31-12-15)34-24(38)33-16-3-4-20(26)19(10-16)25(27,28)29/h2-5,10-12,14,23H,6-9,13,30H2,1H3,(H2,31,33,34,38). The van der Waals surface area contributed by atoms with Crippen molar-refractivity contribution in [2.24, 2.45) is 10.8 Å². The molecule has 0 radical (unpaired) electrons. The molecule has 4 heterocycles. The molecule has 206 valence electrons. The lowest BCUT2D eigenvalue weighted by atomic mass is 10.1. The van der Waals surface area contributed by atoms with E-state index in [1.54, 1.807) is 24.7 Å². The van der Waals surface area contributed by atoms with Crippen molar-refractivity contribution in [2.45, 2.75) is 18.9 Å². The van der Waals surface area contributed by atoms with Crippen molar-refractivity contribution < 1.29 is 22.7 Å². The van der Waals surface area contributed by atoms with Gasteiger partial charge in [-0.05, 0) is 36.4 Å². The number of rotatable bonds is 5. The molecule has 1 atom stereocenters. The lowest BCUT2D eigenvalue weighted by Gasteiger charge is -2.29. The zero-order valence-electron chi connectivity index (χ0n) is 20.9. The van der Waals surface area contributed by atoms with Crippen LogP contribution < -0.4 is 16.4 Å². The van der Waals surface area contributed by atoms with Crippen LogP contribution in [0.3, 0.4) is 0 Å². The fourth-order valence-electron chi connectivity index (χ4n) is 4.45. The maximum Gasteiger partial charge on any atom is 0.417 e. The summed E-state index contributed by atoms with van der Waals surface area (Å²) in [6, 6.07) is 7.80. The third-order valence-electron chi connectivity index (χ3n) is 6.49. The SMILES string of the molecule is CN1C=Nn2c(CN3CCOCC3)cc(-c3ccc(NC(=O)Nc4ccc(Cl)c(C(F)(F)F)c4)nc3)c2C1N. The van der Waals surface area contributed by atoms with Gasteiger partial charge in [0.15, 0.2) is 0 Å². The molecule has 3 aromatic rings. The number of anilines is 2. The molecule has 14 heteroatoms. The van der Waals surface area contributed by atoms with Gasteiger partial charge in [-0.25, -0.2) is 14.5 Å². The average Bonchev–Trinajstić information content (AvgIpc) is 3.26. The molecule has 2 amide bonds. The highest BCUT2D eigenvalue weighted by Crippen LogP contribution is 2.37. The van der Waals surface area contributed by atoms with Crippen LogP contribution in [-0.2, 0) is 17.5 Å². The van der Waals surface area contributed by atoms with E-state index >= 15 is 0 Å². The summed E-state index contributed by atoms with van der Waals surface area (Å²) in [6.45, 7) is 3.68. The molecule has 0 aliphatic carbocycles. The molecule has 1 saturated heterocycles. The zero-order valence-corrected chi connectivity index (χ0v) is 21.6. The molecule has 0 bridgehead atoms. The van der Waals surface area contributed by atoms with Gasteiger partial charge < -0.3 is 20.7 Å². The number of halogens is 4. The van der Waals surface area contributed by atoms with Crippen molar-refractivity contribution in [3.63, 3.8) is 0 Å². The Morgan fingerprint density at radius 1 is 1.18 bits per heavy atom. The van der Waals surface area contributed by atoms with Gasteiger partial charge in [-0.3, -0.25) is 10.2 Å². The van der Waals surface area contributed by atoms with Crippen LogP contribution in [0.2, 0.25) is 5.02 Å². The minimum atomic E-state index is -4.65. The molecular weight excluding hydrogens is 537 g/mol. The predicted molar refractivity (Wildman–Crippen MR) is 141 cm³/mol. The number of nitrogens with two attached hydrogens (primary N) is 1. The Labute approximate surface area is 227 Å². The summed E-state index contributed by atoms with van der Waals surface area (Å²) in [6.07, 6.45) is -1.79. The van der Waals surface area contributed by atoms with Gasteiger partial charge in [0, 0.05) is 49.7 Å². The number of hydrogen-bond donors (Lipinski definition) is 3. The van der Waals surface area contributed by atoms with E-state index in [-0.39, 0.29) is 11.5 Å². The Morgan fingerprint density at radius 3 is 2.64 bits per heavy atom. The van der Waals surface area contributed by atoms with E-state index in [2.05, 4.69) is 25.6 Å². The van der Waals surface area contributed by atoms with Gasteiger partial charge in [-0.1, -0.05) is 11.6 Å². The summed E-state index contributed by atoms with van der Waals surface area (Å²) in [5, 5.41) is 9.01. The third-order valence-corrected chi connectivity index (χ3v) is 6.82. The number of alkyl halides is 3. The molecule has 0 saturated carbocycles. The number of amides is 2. The summed E-state index contributed by atoms with van der Waals surface area (Å²) >= 11 is 5.64. The fourth-order valence-corrected chi connectivity index (χ4v) is 4.67. The fraction of sp³-hybridized carbons (Fsp3) is 0.320. The quantitative estimate of drug-likeness (QED) is 0.425. The number of aromatic nitrogens is 2. The Kier molecular flexibility index (Phi) is 7.49. The van der Waals surface area contributed by atoms with E-state index in [1.807, 2.05) is 22.7 Å². The summed E-state index contributed by atoms with van der Waals surface area (Å²) in [7, 11) is 1.85. The maximum atomic E-state index is 13.1. The number of carbonyl (C=O) groups is 1. The zero-order chi connectivity index (χ0) is 27.7. The number of nitrogens with one attached hydrogen (secondary N) is 2. The molecule has 2 aliphatic rings. The Hall–Kier alpha value is -3.65. The molecule has 5 rings (SSSR count). The molecule has 1 aromatic carbocycles. The summed E-state index contributed by atoms with van der Waals surface area (Å²) in [5.74, 6) is 0.210. The summed E-state index contributed by atoms with van der Waals surface area (Å²) in [5.41, 5.74) is 8.82. The van der Waals surface area contributed by atoms with Crippen LogP contribution in [0, 0.1) is 0 Å². The molecule has 4 N–H and O–H groups in total. The second kappa shape index (κ2) is 10.8. The Morgan fingerprint density at radius 2 is 1.95 bits per heavy atom. The smallest absolute Gasteiger partial charge is 0.379 e. The van der Waals surface area contributed by atoms with Gasteiger partial charge in [0.05, 0.1) is 35.2 Å². The normalized spacial score (nSPS) is 17.7. The van der Waals surface area contributed by atoms with Crippen molar-refractivity contribution in [1.29, 1.82) is 0 Å². The topological polar surface area (TPSA) is 113 Å². The number of carbonyl (C=O) groups excluding carboxylic acids is 1. The first kappa shape index (κ1) is 26.9. The maximum absolute atomic E-state index is 13.1. The summed E-state index contributed by atoms with van der Waals surface area (Å²) < 4.78 is 46.6. The van der Waals surface area contributed by atoms with Crippen LogP contribution in [0.1, 0.15) is 23.1 Å². The number of morpholine rings is 1. The van der Waals surface area contributed by atoms with E-state index in [9.17, 15) is 18.0 Å². The minimum absolute atomic E-state index is 0.0623. The first-order valence-electron chi connectivity index (χ1n) is 12.1. The average molecular weight is 563 g/mol. The number of pyridine rings is 1. The van der Waals surface area contributed by atoms with Crippen LogP contribution in [0.4, 0.5) is 29.5 Å². The van der Waals surface area contributed by atoms with Gasteiger partial charge in [0.25, 0.3) is 0 Å². The van der Waals surface area contributed by atoms with Gasteiger partial charge in [-0.2, -0.15) is 18.3 Å². The van der Waals surface area contributed by atoms with Gasteiger partial charge >= 0.3 is 12.2 Å². The Balaban J connectivity index is 1.33. The number of hydrogen-bond acceptors (Lipinski definition) is 7. The van der Waals surface area contributed by atoms with E-state index < -0.39 is 29.0 Å². The van der Waals surface area contributed by atoms with Crippen molar-refractivity contribution >= 4 is 35.5 Å². The van der Waals surface area contributed by atoms with E-state index in [0.29, 0.717) is 19.8 Å². The molecule has 10 nitrogen and oxygen atoms in total. The van der Waals surface area contributed by atoms with Crippen LogP contribution in [0.5, 0.6) is 0 Å². The van der Waals surface area contributed by atoms with Crippen molar-refractivity contribution in [2.75, 3.05) is 44.0 Å². The Bertz CT molecular complexity index is 1390. The van der Waals surface area contributed by atoms with Gasteiger partial charge in [0.1, 0.15) is 18.3 Å². The molecule has 2 aliphatic heterocycles. The number of ether oxygens (including phenoxy) is 1. The van der Waals surface area contributed by atoms with Gasteiger partial charge in [0.2, 0.25) is 0 Å². The lowest BCUT2D eigenvalue weighted by Crippen LogP contribution is -2.37. The van der Waals surface area contributed by atoms with E-state index in [0.717, 1.165) is 47.7 Å². The second-order valence-electron chi connectivity index (χ2n) is 9.18. The number of benzene rings is 1. The summed E-state index contributed by atoms with van der Waals surface area (Å²) in [4.78, 5) is 20.8. The van der Waals surface area contributed by atoms with Crippen LogP contribution in [0.15, 0.2) is 47.7 Å². The highest BCUT2D eigenvalue weighted by molar-refractivity contribution is 6.31. The largest absolute Gasteiger partial charge is 0.417 e. The minimum Gasteiger partial charge on any atom is -0.379 e. The molecular formula is C25H26ClF3N8O2. The predicted octanol–water partition coefficient (Wildman–Crippen LogP) is 4.39. The monoisotopic (exact) mass is 562 g/mol. The lowest BCUT2D eigenvalue weighted by molar-refractivity contribution is -0.137. The second-order valence-corrected chi connectivity index (χ2v) is 9.59. The molecule has 2 aromatic heterocycles. The highest BCUT2D eigenvalue weighted by Gasteiger charge is 2.33. The van der Waals surface area contributed by atoms with E-state index in [4.69, 9.17) is 22.1 Å². The number of nitrogens with zero attached hydrogens (tertiary/aromatic N) is 5. The van der Waals surface area contributed by atoms with Crippen LogP contribution >= 0.6 is 11.6 Å². The molecule has 39 heavy (non-hydrogen) atoms. The van der Waals surface area contributed by atoms with Crippen molar-refractivity contribution in [3.8, 4) is 11.1 Å². The van der Waals surface area contributed by atoms with Crippen molar-refractivity contribution in [1.82, 2.24) is 19.5 Å². The highest BCUT2D eigenvalue weighted by atomic mass is 35.5. The molecule has 1 fully saturated rings. The van der Waals surface area contributed by atoms with Crippen molar-refractivity contribution in [3.05, 3.63) is 64.6 Å². The molecule has 1 unspecified atom stereocenters. The first-order valence-corrected chi connectivity index (χ1v) is 12.5. The first-order chi connectivity index (χ1) is 18.6. The van der Waals surface area contributed by atoms with Crippen LogP contribution in [-0.4, -0.2) is 65.2 Å². The number of urea groups is 1. The van der Waals surface area contributed by atoms with E-state index in [1.165, 1.54) is 6.07 Å². The molecule has 0 spiro atoms. The van der Waals surface area contributed by atoms with Gasteiger partial charge in [-0.15, -0.1) is 0 Å². The third kappa shape index (κ3) is 5.86. The number of fused-ring (bicyclic) bond motifs is 1. The van der Waals surface area contributed by atoms with Crippen LogP contribution in [0.25, 0.3) is 11.1 Å².